The third kappa shape index (κ3) is 5.89. The van der Waals surface area contributed by atoms with Gasteiger partial charge >= 0.3 is 0 Å². The molecule has 0 amide bonds. The molecule has 9 nitrogen and oxygen atoms in total. The SMILES string of the molecule is COc1ccccc1-c1ccc2c(c1)O[C@H](CN(C)S(=O)(=O)c1ccc(C)cc1)[C@H](C)CN([C@@H](C)CO)S2(=O)=O. The molecule has 1 aliphatic heterocycles. The van der Waals surface area contributed by atoms with Gasteiger partial charge in [-0.1, -0.05) is 48.9 Å². The number of nitrogens with zero attached hydrogens (tertiary/aromatic N) is 2. The molecule has 3 aromatic rings. The molecule has 0 spiro atoms. The van der Waals surface area contributed by atoms with Crippen LogP contribution in [-0.2, 0) is 20.0 Å². The molecule has 0 saturated carbocycles. The van der Waals surface area contributed by atoms with Crippen LogP contribution in [0.3, 0.4) is 0 Å². The van der Waals surface area contributed by atoms with Crippen molar-refractivity contribution < 1.29 is 31.4 Å². The molecular weight excluding hydrogens is 552 g/mol. The summed E-state index contributed by atoms with van der Waals surface area (Å²) in [5.41, 5.74) is 2.38. The molecule has 0 bridgehead atoms. The van der Waals surface area contributed by atoms with E-state index in [1.165, 1.54) is 21.7 Å². The summed E-state index contributed by atoms with van der Waals surface area (Å²) in [5, 5.41) is 9.89. The van der Waals surface area contributed by atoms with E-state index in [0.29, 0.717) is 11.3 Å². The van der Waals surface area contributed by atoms with Crippen LogP contribution >= 0.6 is 0 Å². The molecule has 1 N–H and O–H groups in total. The molecule has 3 aromatic carbocycles. The van der Waals surface area contributed by atoms with E-state index in [9.17, 15) is 21.9 Å². The third-order valence-electron chi connectivity index (χ3n) is 7.25. The molecule has 0 fully saturated rings. The first-order valence-electron chi connectivity index (χ1n) is 13.0. The van der Waals surface area contributed by atoms with Gasteiger partial charge in [0.15, 0.2) is 0 Å². The lowest BCUT2D eigenvalue weighted by atomic mass is 10.0. The smallest absolute Gasteiger partial charge is 0.247 e. The Morgan fingerprint density at radius 1 is 1.12 bits per heavy atom. The summed E-state index contributed by atoms with van der Waals surface area (Å²) in [7, 11) is -4.83. The molecule has 4 rings (SSSR count). The fraction of sp³-hybridized carbons (Fsp3) is 0.379. The van der Waals surface area contributed by atoms with Crippen LogP contribution in [-0.4, -0.2) is 76.6 Å². The number of fused-ring (bicyclic) bond motifs is 1. The first-order chi connectivity index (χ1) is 18.9. The van der Waals surface area contributed by atoms with E-state index in [1.807, 2.05) is 38.1 Å². The van der Waals surface area contributed by atoms with Gasteiger partial charge in [-0.05, 0) is 49.7 Å². The van der Waals surface area contributed by atoms with Gasteiger partial charge in [-0.25, -0.2) is 16.8 Å². The fourth-order valence-electron chi connectivity index (χ4n) is 4.74. The number of sulfonamides is 2. The third-order valence-corrected chi connectivity index (χ3v) is 11.1. The second kappa shape index (κ2) is 11.9. The maximum atomic E-state index is 13.8. The Balaban J connectivity index is 1.79. The van der Waals surface area contributed by atoms with Gasteiger partial charge in [-0.3, -0.25) is 0 Å². The van der Waals surface area contributed by atoms with Gasteiger partial charge in [0.05, 0.1) is 25.2 Å². The minimum Gasteiger partial charge on any atom is -0.496 e. The number of likely N-dealkylation sites (N-methyl/N-ethyl adjacent to an activating group) is 1. The summed E-state index contributed by atoms with van der Waals surface area (Å²) in [6, 6.07) is 18.1. The number of hydrogen-bond donors (Lipinski definition) is 1. The minimum absolute atomic E-state index is 0.0168. The molecule has 1 aliphatic rings. The number of rotatable bonds is 8. The summed E-state index contributed by atoms with van der Waals surface area (Å²) in [6.07, 6.45) is -0.694. The summed E-state index contributed by atoms with van der Waals surface area (Å²) in [6.45, 7) is 5.00. The predicted molar refractivity (Wildman–Crippen MR) is 153 cm³/mol. The highest BCUT2D eigenvalue weighted by Crippen LogP contribution is 2.39. The summed E-state index contributed by atoms with van der Waals surface area (Å²) in [5.74, 6) is 0.305. The zero-order valence-corrected chi connectivity index (χ0v) is 24.9. The molecule has 0 saturated heterocycles. The molecule has 1 heterocycles. The van der Waals surface area contributed by atoms with Crippen molar-refractivity contribution in [3.05, 3.63) is 72.3 Å². The molecule has 0 aliphatic carbocycles. The Morgan fingerprint density at radius 3 is 2.45 bits per heavy atom. The summed E-state index contributed by atoms with van der Waals surface area (Å²) in [4.78, 5) is 0.114. The number of ether oxygens (including phenoxy) is 2. The van der Waals surface area contributed by atoms with Crippen LogP contribution in [0.1, 0.15) is 19.4 Å². The van der Waals surface area contributed by atoms with Crippen molar-refractivity contribution in [1.29, 1.82) is 0 Å². The van der Waals surface area contributed by atoms with Crippen molar-refractivity contribution in [3.63, 3.8) is 0 Å². The zero-order valence-electron chi connectivity index (χ0n) is 23.3. The molecule has 0 unspecified atom stereocenters. The second-order valence-electron chi connectivity index (χ2n) is 10.2. The average molecular weight is 589 g/mol. The number of benzene rings is 3. The number of aliphatic hydroxyl groups is 1. The molecule has 0 radical (unpaired) electrons. The average Bonchev–Trinajstić information content (AvgIpc) is 2.94. The zero-order chi connectivity index (χ0) is 29.2. The van der Waals surface area contributed by atoms with Crippen molar-refractivity contribution in [2.24, 2.45) is 5.92 Å². The van der Waals surface area contributed by atoms with Crippen LogP contribution in [0.2, 0.25) is 0 Å². The van der Waals surface area contributed by atoms with Crippen LogP contribution < -0.4 is 9.47 Å². The van der Waals surface area contributed by atoms with E-state index in [0.717, 1.165) is 11.1 Å². The Bertz CT molecular complexity index is 1560. The van der Waals surface area contributed by atoms with Crippen LogP contribution in [0.15, 0.2) is 76.5 Å². The minimum atomic E-state index is -4.04. The Kier molecular flexibility index (Phi) is 8.91. The van der Waals surface area contributed by atoms with Crippen molar-refractivity contribution in [2.45, 2.75) is 42.7 Å². The van der Waals surface area contributed by atoms with E-state index in [4.69, 9.17) is 9.47 Å². The fourth-order valence-corrected chi connectivity index (χ4v) is 7.74. The lowest BCUT2D eigenvalue weighted by molar-refractivity contribution is 0.0905. The number of aryl methyl sites for hydroxylation is 1. The van der Waals surface area contributed by atoms with E-state index in [2.05, 4.69) is 0 Å². The van der Waals surface area contributed by atoms with Crippen LogP contribution in [0.4, 0.5) is 0 Å². The molecule has 40 heavy (non-hydrogen) atoms. The van der Waals surface area contributed by atoms with Crippen molar-refractivity contribution >= 4 is 20.0 Å². The second-order valence-corrected chi connectivity index (χ2v) is 14.1. The van der Waals surface area contributed by atoms with Crippen LogP contribution in [0.25, 0.3) is 11.1 Å². The maximum Gasteiger partial charge on any atom is 0.247 e. The standard InChI is InChI=1S/C29H36N2O7S2/c1-20-10-13-24(14-11-20)39(33,34)30(4)18-28-21(2)17-31(22(3)19-32)40(35,36)29-15-12-23(16-27(29)38-28)25-8-6-7-9-26(25)37-5/h6-16,21-22,28,32H,17-19H2,1-5H3/t21-,22+,28-/m1/s1. The number of para-hydroxylation sites is 1. The number of aliphatic hydroxyl groups excluding tert-OH is 1. The van der Waals surface area contributed by atoms with Gasteiger partial charge in [-0.15, -0.1) is 0 Å². The van der Waals surface area contributed by atoms with Gasteiger partial charge in [0.2, 0.25) is 20.0 Å². The predicted octanol–water partition coefficient (Wildman–Crippen LogP) is 3.76. The van der Waals surface area contributed by atoms with Gasteiger partial charge in [-0.2, -0.15) is 8.61 Å². The highest BCUT2D eigenvalue weighted by Gasteiger charge is 2.39. The van der Waals surface area contributed by atoms with E-state index < -0.39 is 38.1 Å². The van der Waals surface area contributed by atoms with E-state index in [1.54, 1.807) is 50.4 Å². The topological polar surface area (TPSA) is 113 Å². The highest BCUT2D eigenvalue weighted by molar-refractivity contribution is 7.89. The van der Waals surface area contributed by atoms with Crippen LogP contribution in [0, 0.1) is 12.8 Å². The monoisotopic (exact) mass is 588 g/mol. The summed E-state index contributed by atoms with van der Waals surface area (Å²) < 4.78 is 68.7. The van der Waals surface area contributed by atoms with Crippen molar-refractivity contribution in [3.8, 4) is 22.6 Å². The highest BCUT2D eigenvalue weighted by atomic mass is 32.2. The first-order valence-corrected chi connectivity index (χ1v) is 15.9. The Labute approximate surface area is 237 Å². The molecular formula is C29H36N2O7S2. The molecule has 0 aromatic heterocycles. The maximum absolute atomic E-state index is 13.8. The Morgan fingerprint density at radius 2 is 1.80 bits per heavy atom. The largest absolute Gasteiger partial charge is 0.496 e. The normalized spacial score (nSPS) is 20.2. The molecule has 11 heteroatoms. The van der Waals surface area contributed by atoms with Gasteiger partial charge in [0.1, 0.15) is 22.5 Å². The molecule has 3 atom stereocenters. The summed E-state index contributed by atoms with van der Waals surface area (Å²) >= 11 is 0. The van der Waals surface area contributed by atoms with Crippen molar-refractivity contribution in [2.75, 3.05) is 33.9 Å². The van der Waals surface area contributed by atoms with Gasteiger partial charge in [0, 0.05) is 31.1 Å². The van der Waals surface area contributed by atoms with Gasteiger partial charge < -0.3 is 14.6 Å². The number of methoxy groups -OCH3 is 1. The number of hydrogen-bond acceptors (Lipinski definition) is 7. The lowest BCUT2D eigenvalue weighted by Crippen LogP contribution is -2.50. The van der Waals surface area contributed by atoms with E-state index in [-0.39, 0.29) is 35.2 Å². The molecule has 216 valence electrons. The van der Waals surface area contributed by atoms with Gasteiger partial charge in [0.25, 0.3) is 0 Å². The van der Waals surface area contributed by atoms with Crippen LogP contribution in [0.5, 0.6) is 11.5 Å². The Hall–Kier alpha value is -2.96. The quantitative estimate of drug-likeness (QED) is 0.426. The first kappa shape index (κ1) is 30.0. The van der Waals surface area contributed by atoms with E-state index >= 15 is 0 Å². The van der Waals surface area contributed by atoms with Crippen molar-refractivity contribution in [1.82, 2.24) is 8.61 Å². The lowest BCUT2D eigenvalue weighted by Gasteiger charge is -2.37.